The molecule has 4 aromatic rings. The second-order valence-electron chi connectivity index (χ2n) is 7.68. The summed E-state index contributed by atoms with van der Waals surface area (Å²) in [5.74, 6) is 1.30. The molecule has 0 spiro atoms. The number of hydrogen-bond donors (Lipinski definition) is 0. The minimum Gasteiger partial charge on any atom is -0.497 e. The van der Waals surface area contributed by atoms with Crippen LogP contribution in [0.15, 0.2) is 113 Å². The molecule has 0 N–H and O–H groups in total. The summed E-state index contributed by atoms with van der Waals surface area (Å²) >= 11 is 0. The Labute approximate surface area is 204 Å². The van der Waals surface area contributed by atoms with Crippen molar-refractivity contribution in [3.63, 3.8) is 0 Å². The molecule has 7 heteroatoms. The maximum atomic E-state index is 13.3. The summed E-state index contributed by atoms with van der Waals surface area (Å²) in [6.07, 6.45) is -0.152. The topological polar surface area (TPSA) is 78.9 Å². The summed E-state index contributed by atoms with van der Waals surface area (Å²) < 4.78 is 42.9. The van der Waals surface area contributed by atoms with E-state index < -0.39 is 15.8 Å². The molecule has 0 atom stereocenters. The van der Waals surface area contributed by atoms with Crippen molar-refractivity contribution < 1.29 is 27.4 Å². The lowest BCUT2D eigenvalue weighted by molar-refractivity contribution is -0.144. The van der Waals surface area contributed by atoms with Crippen molar-refractivity contribution >= 4 is 15.8 Å². The van der Waals surface area contributed by atoms with Crippen molar-refractivity contribution in [2.45, 2.75) is 22.8 Å². The third-order valence-corrected chi connectivity index (χ3v) is 7.14. The predicted molar refractivity (Wildman–Crippen MR) is 131 cm³/mol. The van der Waals surface area contributed by atoms with Crippen LogP contribution in [0.4, 0.5) is 0 Å². The largest absolute Gasteiger partial charge is 0.497 e. The Hall–Kier alpha value is -4.10. The number of esters is 1. The number of carbonyl (C=O) groups excluding carboxylic acids is 1. The Bertz CT molecular complexity index is 1380. The van der Waals surface area contributed by atoms with Gasteiger partial charge in [-0.2, -0.15) is 0 Å². The van der Waals surface area contributed by atoms with Gasteiger partial charge in [0.15, 0.2) is 0 Å². The summed E-state index contributed by atoms with van der Waals surface area (Å²) in [6, 6.07) is 29.0. The summed E-state index contributed by atoms with van der Waals surface area (Å²) in [5.41, 5.74) is 1.24. The van der Waals surface area contributed by atoms with Gasteiger partial charge < -0.3 is 14.2 Å². The van der Waals surface area contributed by atoms with Gasteiger partial charge in [0, 0.05) is 0 Å². The van der Waals surface area contributed by atoms with E-state index in [9.17, 15) is 13.2 Å². The number of hydrogen-bond acceptors (Lipinski definition) is 6. The van der Waals surface area contributed by atoms with E-state index >= 15 is 0 Å². The molecule has 6 nitrogen and oxygen atoms in total. The maximum Gasteiger partial charge on any atom is 0.310 e. The molecule has 0 aromatic heterocycles. The van der Waals surface area contributed by atoms with Crippen LogP contribution in [0.5, 0.6) is 17.2 Å². The number of sulfone groups is 1. The summed E-state index contributed by atoms with van der Waals surface area (Å²) in [7, 11) is -2.28. The highest BCUT2D eigenvalue weighted by atomic mass is 32.2. The smallest absolute Gasteiger partial charge is 0.310 e. The zero-order valence-electron chi connectivity index (χ0n) is 19.1. The molecule has 0 fully saturated rings. The standard InChI is InChI=1S/C28H24O6S/c1-32-23-11-13-24(14-12-23)34-25-15-17-26(18-16-25)35(30,31)27-10-6-5-9-22(27)19-28(29)33-20-21-7-3-2-4-8-21/h2-18H,19-20H2,1H3. The number of benzene rings is 4. The number of carbonyl (C=O) groups is 1. The van der Waals surface area contributed by atoms with Crippen LogP contribution in [0.25, 0.3) is 0 Å². The molecule has 0 aliphatic heterocycles. The van der Waals surface area contributed by atoms with Crippen molar-refractivity contribution in [2.24, 2.45) is 0 Å². The van der Waals surface area contributed by atoms with Gasteiger partial charge in [0.05, 0.1) is 23.3 Å². The van der Waals surface area contributed by atoms with Gasteiger partial charge in [0.25, 0.3) is 0 Å². The first-order valence-corrected chi connectivity index (χ1v) is 12.4. The Kier molecular flexibility index (Phi) is 7.48. The monoisotopic (exact) mass is 488 g/mol. The van der Waals surface area contributed by atoms with E-state index in [1.165, 1.54) is 18.2 Å². The van der Waals surface area contributed by atoms with Crippen molar-refractivity contribution in [3.8, 4) is 17.2 Å². The minimum absolute atomic E-state index is 0.0699. The molecule has 0 amide bonds. The summed E-state index contributed by atoms with van der Waals surface area (Å²) in [6.45, 7) is 0.129. The lowest BCUT2D eigenvalue weighted by Gasteiger charge is -2.12. The molecule has 0 aliphatic rings. The molecule has 0 unspecified atom stereocenters. The molecule has 0 radical (unpaired) electrons. The molecule has 0 heterocycles. The fourth-order valence-electron chi connectivity index (χ4n) is 3.45. The van der Waals surface area contributed by atoms with Crippen LogP contribution in [-0.4, -0.2) is 21.5 Å². The average Bonchev–Trinajstić information content (AvgIpc) is 2.89. The summed E-state index contributed by atoms with van der Waals surface area (Å²) in [4.78, 5) is 12.6. The molecule has 35 heavy (non-hydrogen) atoms. The van der Waals surface area contributed by atoms with E-state index in [4.69, 9.17) is 14.2 Å². The molecule has 0 saturated heterocycles. The van der Waals surface area contributed by atoms with Gasteiger partial charge in [0.2, 0.25) is 9.84 Å². The number of rotatable bonds is 9. The van der Waals surface area contributed by atoms with Gasteiger partial charge in [-0.1, -0.05) is 48.5 Å². The first-order valence-electron chi connectivity index (χ1n) is 10.9. The van der Waals surface area contributed by atoms with Gasteiger partial charge >= 0.3 is 5.97 Å². The SMILES string of the molecule is COc1ccc(Oc2ccc(S(=O)(=O)c3ccccc3CC(=O)OCc3ccccc3)cc2)cc1. The highest BCUT2D eigenvalue weighted by molar-refractivity contribution is 7.91. The Balaban J connectivity index is 1.47. The molecule has 0 saturated carbocycles. The Morgan fingerprint density at radius 1 is 0.714 bits per heavy atom. The Morgan fingerprint density at radius 3 is 1.94 bits per heavy atom. The summed E-state index contributed by atoms with van der Waals surface area (Å²) in [5, 5.41) is 0. The zero-order valence-corrected chi connectivity index (χ0v) is 19.9. The van der Waals surface area contributed by atoms with Crippen molar-refractivity contribution in [2.75, 3.05) is 7.11 Å². The minimum atomic E-state index is -3.86. The third kappa shape index (κ3) is 6.07. The molecule has 4 aromatic carbocycles. The van der Waals surface area contributed by atoms with E-state index in [1.54, 1.807) is 61.7 Å². The highest BCUT2D eigenvalue weighted by Crippen LogP contribution is 2.28. The van der Waals surface area contributed by atoms with E-state index in [1.807, 2.05) is 30.3 Å². The van der Waals surface area contributed by atoms with Crippen LogP contribution in [-0.2, 0) is 32.4 Å². The first-order chi connectivity index (χ1) is 17.0. The van der Waals surface area contributed by atoms with Gasteiger partial charge in [-0.15, -0.1) is 0 Å². The molecule has 0 bridgehead atoms. The van der Waals surface area contributed by atoms with Crippen LogP contribution < -0.4 is 9.47 Å². The predicted octanol–water partition coefficient (Wildman–Crippen LogP) is 5.61. The third-order valence-electron chi connectivity index (χ3n) is 5.27. The first kappa shape index (κ1) is 24.0. The van der Waals surface area contributed by atoms with Gasteiger partial charge in [0.1, 0.15) is 23.9 Å². The van der Waals surface area contributed by atoms with Crippen molar-refractivity contribution in [3.05, 3.63) is 114 Å². The second-order valence-corrected chi connectivity index (χ2v) is 9.60. The van der Waals surface area contributed by atoms with Crippen LogP contribution >= 0.6 is 0 Å². The van der Waals surface area contributed by atoms with E-state index in [-0.39, 0.29) is 22.8 Å². The molecule has 178 valence electrons. The fraction of sp³-hybridized carbons (Fsp3) is 0.107. The molecule has 4 rings (SSSR count). The van der Waals surface area contributed by atoms with Gasteiger partial charge in [-0.3, -0.25) is 4.79 Å². The second kappa shape index (κ2) is 10.9. The maximum absolute atomic E-state index is 13.3. The zero-order chi connectivity index (χ0) is 24.7. The quantitative estimate of drug-likeness (QED) is 0.285. The molecule has 0 aliphatic carbocycles. The van der Waals surface area contributed by atoms with E-state index in [0.29, 0.717) is 22.8 Å². The van der Waals surface area contributed by atoms with Crippen LogP contribution in [0.1, 0.15) is 11.1 Å². The molecular weight excluding hydrogens is 464 g/mol. The van der Waals surface area contributed by atoms with Gasteiger partial charge in [-0.05, 0) is 65.7 Å². The fourth-order valence-corrected chi connectivity index (χ4v) is 4.94. The van der Waals surface area contributed by atoms with Crippen LogP contribution in [0.2, 0.25) is 0 Å². The van der Waals surface area contributed by atoms with Crippen molar-refractivity contribution in [1.82, 2.24) is 0 Å². The lowest BCUT2D eigenvalue weighted by atomic mass is 10.1. The van der Waals surface area contributed by atoms with E-state index in [2.05, 4.69) is 0 Å². The highest BCUT2D eigenvalue weighted by Gasteiger charge is 2.22. The number of ether oxygens (including phenoxy) is 3. The number of methoxy groups -OCH3 is 1. The van der Waals surface area contributed by atoms with Crippen LogP contribution in [0.3, 0.4) is 0 Å². The van der Waals surface area contributed by atoms with E-state index in [0.717, 1.165) is 5.56 Å². The average molecular weight is 489 g/mol. The molecular formula is C28H24O6S. The lowest BCUT2D eigenvalue weighted by Crippen LogP contribution is -2.12. The normalized spacial score (nSPS) is 11.0. The van der Waals surface area contributed by atoms with Gasteiger partial charge in [-0.25, -0.2) is 8.42 Å². The van der Waals surface area contributed by atoms with Crippen LogP contribution in [0, 0.1) is 0 Å². The Morgan fingerprint density at radius 2 is 1.29 bits per heavy atom. The van der Waals surface area contributed by atoms with Crippen molar-refractivity contribution in [1.29, 1.82) is 0 Å².